The molecule has 0 amide bonds. The standard InChI is InChI=1S/C7H8N6/c1-4-11-7(13-12-4)5-6(8)10-3-2-9-5/h2-3H,1H3,(H2,8,10)(H,11,12,13). The van der Waals surface area contributed by atoms with Crippen molar-refractivity contribution in [3.63, 3.8) is 0 Å². The van der Waals surface area contributed by atoms with Gasteiger partial charge in [0.05, 0.1) is 0 Å². The molecule has 0 fully saturated rings. The summed E-state index contributed by atoms with van der Waals surface area (Å²) in [7, 11) is 0. The van der Waals surface area contributed by atoms with Crippen LogP contribution in [0.25, 0.3) is 11.5 Å². The zero-order valence-electron chi connectivity index (χ0n) is 7.02. The maximum atomic E-state index is 5.59. The molecule has 0 saturated carbocycles. The van der Waals surface area contributed by atoms with E-state index in [1.165, 1.54) is 6.20 Å². The van der Waals surface area contributed by atoms with Crippen molar-refractivity contribution in [2.75, 3.05) is 5.73 Å². The summed E-state index contributed by atoms with van der Waals surface area (Å²) in [6.07, 6.45) is 3.08. The van der Waals surface area contributed by atoms with Crippen LogP contribution in [-0.2, 0) is 0 Å². The maximum absolute atomic E-state index is 5.59. The van der Waals surface area contributed by atoms with Crippen molar-refractivity contribution in [2.45, 2.75) is 6.92 Å². The number of H-pyrrole nitrogens is 1. The Morgan fingerprint density at radius 3 is 2.69 bits per heavy atom. The number of nitrogens with one attached hydrogen (secondary N) is 1. The summed E-state index contributed by atoms with van der Waals surface area (Å²) in [6.45, 7) is 1.81. The highest BCUT2D eigenvalue weighted by Gasteiger charge is 2.08. The molecule has 0 spiro atoms. The van der Waals surface area contributed by atoms with Gasteiger partial charge in [-0.1, -0.05) is 0 Å². The van der Waals surface area contributed by atoms with Crippen molar-refractivity contribution >= 4 is 5.82 Å². The van der Waals surface area contributed by atoms with Gasteiger partial charge in [-0.2, -0.15) is 5.10 Å². The van der Waals surface area contributed by atoms with E-state index in [9.17, 15) is 0 Å². The topological polar surface area (TPSA) is 93.4 Å². The third-order valence-corrected chi connectivity index (χ3v) is 1.54. The third-order valence-electron chi connectivity index (χ3n) is 1.54. The van der Waals surface area contributed by atoms with Crippen molar-refractivity contribution < 1.29 is 0 Å². The molecule has 0 aromatic carbocycles. The number of nitrogen functional groups attached to an aromatic ring is 1. The quantitative estimate of drug-likeness (QED) is 0.645. The van der Waals surface area contributed by atoms with E-state index >= 15 is 0 Å². The molecule has 66 valence electrons. The van der Waals surface area contributed by atoms with Crippen molar-refractivity contribution in [1.82, 2.24) is 25.1 Å². The van der Waals surface area contributed by atoms with Gasteiger partial charge in [-0.05, 0) is 6.92 Å². The zero-order chi connectivity index (χ0) is 9.26. The van der Waals surface area contributed by atoms with E-state index in [2.05, 4.69) is 25.1 Å². The van der Waals surface area contributed by atoms with Gasteiger partial charge < -0.3 is 5.73 Å². The van der Waals surface area contributed by atoms with Crippen molar-refractivity contribution in [2.24, 2.45) is 0 Å². The summed E-state index contributed by atoms with van der Waals surface area (Å²) in [5.41, 5.74) is 6.10. The molecule has 2 aromatic heterocycles. The number of aromatic nitrogens is 5. The fraction of sp³-hybridized carbons (Fsp3) is 0.143. The second-order valence-corrected chi connectivity index (χ2v) is 2.53. The number of nitrogens with zero attached hydrogens (tertiary/aromatic N) is 4. The molecular formula is C7H8N6. The molecule has 2 rings (SSSR count). The van der Waals surface area contributed by atoms with Gasteiger partial charge in [-0.3, -0.25) is 5.10 Å². The predicted octanol–water partition coefficient (Wildman–Crippen LogP) is 0.152. The highest BCUT2D eigenvalue weighted by molar-refractivity contribution is 5.62. The van der Waals surface area contributed by atoms with E-state index in [1.54, 1.807) is 6.20 Å². The van der Waals surface area contributed by atoms with Crippen LogP contribution in [-0.4, -0.2) is 25.1 Å². The second-order valence-electron chi connectivity index (χ2n) is 2.53. The Morgan fingerprint density at radius 2 is 2.08 bits per heavy atom. The van der Waals surface area contributed by atoms with Crippen molar-refractivity contribution in [3.05, 3.63) is 18.2 Å². The molecule has 6 heteroatoms. The van der Waals surface area contributed by atoms with Gasteiger partial charge in [-0.25, -0.2) is 15.0 Å². The summed E-state index contributed by atoms with van der Waals surface area (Å²) in [6, 6.07) is 0. The summed E-state index contributed by atoms with van der Waals surface area (Å²) in [5, 5.41) is 6.64. The highest BCUT2D eigenvalue weighted by Crippen LogP contribution is 2.15. The van der Waals surface area contributed by atoms with E-state index in [1.807, 2.05) is 6.92 Å². The van der Waals surface area contributed by atoms with E-state index in [-0.39, 0.29) is 0 Å². The Kier molecular flexibility index (Phi) is 1.66. The molecule has 3 N–H and O–H groups in total. The predicted molar refractivity (Wildman–Crippen MR) is 46.6 cm³/mol. The van der Waals surface area contributed by atoms with Crippen LogP contribution in [0.15, 0.2) is 12.4 Å². The van der Waals surface area contributed by atoms with E-state index in [0.717, 1.165) is 5.82 Å². The summed E-state index contributed by atoms with van der Waals surface area (Å²) in [5.74, 6) is 1.53. The van der Waals surface area contributed by atoms with Crippen LogP contribution < -0.4 is 5.73 Å². The van der Waals surface area contributed by atoms with Crippen LogP contribution in [0, 0.1) is 6.92 Å². The lowest BCUT2D eigenvalue weighted by Crippen LogP contribution is -1.97. The van der Waals surface area contributed by atoms with Gasteiger partial charge in [-0.15, -0.1) is 0 Å². The Hall–Kier alpha value is -1.98. The van der Waals surface area contributed by atoms with E-state index in [4.69, 9.17) is 5.73 Å². The fourth-order valence-electron chi connectivity index (χ4n) is 0.970. The average molecular weight is 176 g/mol. The Labute approximate surface area is 74.2 Å². The molecule has 13 heavy (non-hydrogen) atoms. The lowest BCUT2D eigenvalue weighted by atomic mass is 10.4. The molecule has 0 saturated heterocycles. The van der Waals surface area contributed by atoms with Gasteiger partial charge >= 0.3 is 0 Å². The number of aromatic amines is 1. The minimum Gasteiger partial charge on any atom is -0.382 e. The van der Waals surface area contributed by atoms with Crippen LogP contribution in [0.5, 0.6) is 0 Å². The monoisotopic (exact) mass is 176 g/mol. The molecule has 2 aromatic rings. The molecular weight excluding hydrogens is 168 g/mol. The summed E-state index contributed by atoms with van der Waals surface area (Å²) >= 11 is 0. The maximum Gasteiger partial charge on any atom is 0.203 e. The molecule has 0 aliphatic heterocycles. The van der Waals surface area contributed by atoms with Crippen LogP contribution >= 0.6 is 0 Å². The van der Waals surface area contributed by atoms with Crippen molar-refractivity contribution in [3.8, 4) is 11.5 Å². The van der Waals surface area contributed by atoms with Gasteiger partial charge in [0.2, 0.25) is 5.82 Å². The van der Waals surface area contributed by atoms with E-state index < -0.39 is 0 Å². The summed E-state index contributed by atoms with van der Waals surface area (Å²) in [4.78, 5) is 12.0. The number of hydrogen-bond acceptors (Lipinski definition) is 5. The lowest BCUT2D eigenvalue weighted by Gasteiger charge is -1.96. The first-order valence-corrected chi connectivity index (χ1v) is 3.73. The molecule has 2 heterocycles. The van der Waals surface area contributed by atoms with Gasteiger partial charge in [0.1, 0.15) is 5.82 Å². The van der Waals surface area contributed by atoms with Crippen LogP contribution in [0.2, 0.25) is 0 Å². The summed E-state index contributed by atoms with van der Waals surface area (Å²) < 4.78 is 0. The number of nitrogens with two attached hydrogens (primary N) is 1. The molecule has 0 aliphatic carbocycles. The molecule has 0 unspecified atom stereocenters. The van der Waals surface area contributed by atoms with Gasteiger partial charge in [0.15, 0.2) is 11.5 Å². The molecule has 0 atom stereocenters. The first-order valence-electron chi connectivity index (χ1n) is 3.73. The zero-order valence-corrected chi connectivity index (χ0v) is 7.02. The Balaban J connectivity index is 2.52. The van der Waals surface area contributed by atoms with Crippen LogP contribution in [0.1, 0.15) is 5.82 Å². The molecule has 0 bridgehead atoms. The third kappa shape index (κ3) is 1.33. The van der Waals surface area contributed by atoms with Gasteiger partial charge in [0, 0.05) is 12.4 Å². The van der Waals surface area contributed by atoms with Gasteiger partial charge in [0.25, 0.3) is 0 Å². The molecule has 0 aliphatic rings. The largest absolute Gasteiger partial charge is 0.382 e. The minimum atomic E-state index is 0.335. The van der Waals surface area contributed by atoms with Crippen molar-refractivity contribution in [1.29, 1.82) is 0 Å². The smallest absolute Gasteiger partial charge is 0.203 e. The Morgan fingerprint density at radius 1 is 1.31 bits per heavy atom. The first kappa shape index (κ1) is 7.66. The number of hydrogen-bond donors (Lipinski definition) is 2. The second kappa shape index (κ2) is 2.81. The normalized spacial score (nSPS) is 10.2. The number of anilines is 1. The van der Waals surface area contributed by atoms with Crippen LogP contribution in [0.4, 0.5) is 5.82 Å². The van der Waals surface area contributed by atoms with E-state index in [0.29, 0.717) is 17.3 Å². The average Bonchev–Trinajstić information content (AvgIpc) is 2.53. The molecule has 6 nitrogen and oxygen atoms in total. The fourth-order valence-corrected chi connectivity index (χ4v) is 0.970. The minimum absolute atomic E-state index is 0.335. The first-order chi connectivity index (χ1) is 6.27. The molecule has 0 radical (unpaired) electrons. The number of rotatable bonds is 1. The Bertz CT molecular complexity index is 420. The highest BCUT2D eigenvalue weighted by atomic mass is 15.2. The number of aryl methyl sites for hydroxylation is 1. The van der Waals surface area contributed by atoms with Crippen LogP contribution in [0.3, 0.4) is 0 Å². The SMILES string of the molecule is Cc1nc(-c2nccnc2N)n[nH]1. The lowest BCUT2D eigenvalue weighted by molar-refractivity contribution is 1.04.